The summed E-state index contributed by atoms with van der Waals surface area (Å²) in [5.74, 6) is 0.153. The quantitative estimate of drug-likeness (QED) is 0.935. The molecule has 0 saturated carbocycles. The van der Waals surface area contributed by atoms with Gasteiger partial charge in [-0.1, -0.05) is 0 Å². The van der Waals surface area contributed by atoms with Crippen molar-refractivity contribution >= 4 is 5.69 Å². The first-order valence-electron chi connectivity index (χ1n) is 6.19. The molecular weight excluding hydrogens is 283 g/mol. The molecule has 1 N–H and O–H groups in total. The first-order chi connectivity index (χ1) is 9.91. The number of anilines is 1. The molecule has 0 amide bonds. The number of benzene rings is 1. The Hall–Kier alpha value is -2.31. The molecule has 21 heavy (non-hydrogen) atoms. The molecule has 1 aromatic carbocycles. The highest BCUT2D eigenvalue weighted by Gasteiger charge is 2.34. The molecule has 7 heteroatoms. The topological polar surface area (TPSA) is 47.0 Å². The van der Waals surface area contributed by atoms with Gasteiger partial charge in [0.2, 0.25) is 0 Å². The SMILES string of the molecule is COc1ccc(NC(C)c2cnccn2)c(C(F)(F)F)c1. The summed E-state index contributed by atoms with van der Waals surface area (Å²) < 4.78 is 44.1. The van der Waals surface area contributed by atoms with Crippen molar-refractivity contribution in [2.45, 2.75) is 19.1 Å². The Morgan fingerprint density at radius 1 is 1.24 bits per heavy atom. The number of nitrogens with one attached hydrogen (secondary N) is 1. The molecule has 0 spiro atoms. The van der Waals surface area contributed by atoms with Gasteiger partial charge in [-0.15, -0.1) is 0 Å². The third-order valence-corrected chi connectivity index (χ3v) is 2.93. The van der Waals surface area contributed by atoms with Crippen LogP contribution >= 0.6 is 0 Å². The Morgan fingerprint density at radius 3 is 2.57 bits per heavy atom. The molecule has 0 aliphatic heterocycles. The predicted octanol–water partition coefficient (Wildman–Crippen LogP) is 3.68. The Bertz CT molecular complexity index is 602. The van der Waals surface area contributed by atoms with Crippen molar-refractivity contribution in [1.29, 1.82) is 0 Å². The van der Waals surface area contributed by atoms with E-state index in [0.717, 1.165) is 6.07 Å². The second kappa shape index (κ2) is 5.99. The lowest BCUT2D eigenvalue weighted by atomic mass is 10.1. The van der Waals surface area contributed by atoms with Crippen molar-refractivity contribution in [2.24, 2.45) is 0 Å². The second-order valence-electron chi connectivity index (χ2n) is 4.41. The minimum atomic E-state index is -4.47. The lowest BCUT2D eigenvalue weighted by Gasteiger charge is -2.19. The van der Waals surface area contributed by atoms with Crippen LogP contribution in [0.1, 0.15) is 24.2 Å². The number of ether oxygens (including phenoxy) is 1. The third kappa shape index (κ3) is 3.62. The van der Waals surface area contributed by atoms with E-state index >= 15 is 0 Å². The average molecular weight is 297 g/mol. The number of hydrogen-bond donors (Lipinski definition) is 1. The van der Waals surface area contributed by atoms with Crippen LogP contribution in [0.3, 0.4) is 0 Å². The second-order valence-corrected chi connectivity index (χ2v) is 4.41. The van der Waals surface area contributed by atoms with E-state index in [4.69, 9.17) is 4.74 Å². The molecule has 1 aromatic heterocycles. The third-order valence-electron chi connectivity index (χ3n) is 2.93. The van der Waals surface area contributed by atoms with E-state index in [1.165, 1.54) is 37.8 Å². The molecule has 0 aliphatic rings. The summed E-state index contributed by atoms with van der Waals surface area (Å²) in [5.41, 5.74) is -0.250. The minimum Gasteiger partial charge on any atom is -0.497 e. The highest BCUT2D eigenvalue weighted by molar-refractivity contribution is 5.56. The van der Waals surface area contributed by atoms with E-state index in [2.05, 4.69) is 15.3 Å². The first kappa shape index (κ1) is 15.1. The van der Waals surface area contributed by atoms with E-state index in [-0.39, 0.29) is 11.4 Å². The lowest BCUT2D eigenvalue weighted by molar-refractivity contribution is -0.137. The molecule has 1 unspecified atom stereocenters. The number of aromatic nitrogens is 2. The molecule has 1 atom stereocenters. The van der Waals surface area contributed by atoms with Crippen molar-refractivity contribution < 1.29 is 17.9 Å². The van der Waals surface area contributed by atoms with Crippen molar-refractivity contribution in [3.8, 4) is 5.75 Å². The fourth-order valence-corrected chi connectivity index (χ4v) is 1.85. The number of rotatable bonds is 4. The van der Waals surface area contributed by atoms with E-state index in [1.54, 1.807) is 6.92 Å². The molecule has 0 saturated heterocycles. The lowest BCUT2D eigenvalue weighted by Crippen LogP contribution is -2.14. The highest BCUT2D eigenvalue weighted by atomic mass is 19.4. The van der Waals surface area contributed by atoms with Gasteiger partial charge in [-0.05, 0) is 25.1 Å². The van der Waals surface area contributed by atoms with Crippen molar-refractivity contribution in [1.82, 2.24) is 9.97 Å². The predicted molar refractivity (Wildman–Crippen MR) is 72.1 cm³/mol. The summed E-state index contributed by atoms with van der Waals surface area (Å²) in [6, 6.07) is 3.37. The number of nitrogens with zero attached hydrogens (tertiary/aromatic N) is 2. The highest BCUT2D eigenvalue weighted by Crippen LogP contribution is 2.38. The van der Waals surface area contributed by atoms with E-state index in [0.29, 0.717) is 5.69 Å². The maximum absolute atomic E-state index is 13.1. The number of hydrogen-bond acceptors (Lipinski definition) is 4. The number of alkyl halides is 3. The van der Waals surface area contributed by atoms with Gasteiger partial charge >= 0.3 is 6.18 Å². The van der Waals surface area contributed by atoms with Crippen molar-refractivity contribution in [2.75, 3.05) is 12.4 Å². The number of methoxy groups -OCH3 is 1. The van der Waals surface area contributed by atoms with Crippen LogP contribution < -0.4 is 10.1 Å². The average Bonchev–Trinajstić information content (AvgIpc) is 2.47. The molecule has 4 nitrogen and oxygen atoms in total. The summed E-state index contributed by atoms with van der Waals surface area (Å²) in [4.78, 5) is 7.97. The fraction of sp³-hybridized carbons (Fsp3) is 0.286. The van der Waals surface area contributed by atoms with Gasteiger partial charge in [0.1, 0.15) is 5.75 Å². The van der Waals surface area contributed by atoms with Gasteiger partial charge in [-0.25, -0.2) is 0 Å². The first-order valence-corrected chi connectivity index (χ1v) is 6.19. The molecule has 0 fully saturated rings. The fourth-order valence-electron chi connectivity index (χ4n) is 1.85. The Balaban J connectivity index is 2.31. The van der Waals surface area contributed by atoms with Crippen LogP contribution in [0.15, 0.2) is 36.8 Å². The maximum atomic E-state index is 13.1. The van der Waals surface area contributed by atoms with Crippen LogP contribution in [0.25, 0.3) is 0 Å². The van der Waals surface area contributed by atoms with Crippen LogP contribution in [0.4, 0.5) is 18.9 Å². The van der Waals surface area contributed by atoms with Crippen molar-refractivity contribution in [3.63, 3.8) is 0 Å². The molecule has 112 valence electrons. The van der Waals surface area contributed by atoms with Gasteiger partial charge in [-0.2, -0.15) is 13.2 Å². The smallest absolute Gasteiger partial charge is 0.418 e. The van der Waals surface area contributed by atoms with E-state index in [9.17, 15) is 13.2 Å². The van der Waals surface area contributed by atoms with Gasteiger partial charge in [0.15, 0.2) is 0 Å². The molecule has 0 aliphatic carbocycles. The Labute approximate surface area is 120 Å². The molecule has 1 heterocycles. The normalized spacial score (nSPS) is 12.8. The van der Waals surface area contributed by atoms with Crippen LogP contribution in [0.2, 0.25) is 0 Å². The summed E-state index contributed by atoms with van der Waals surface area (Å²) in [5, 5.41) is 2.81. The summed E-state index contributed by atoms with van der Waals surface area (Å²) in [6.07, 6.45) is 0.0321. The Kier molecular flexibility index (Phi) is 4.30. The zero-order valence-corrected chi connectivity index (χ0v) is 11.5. The zero-order valence-electron chi connectivity index (χ0n) is 11.5. The Morgan fingerprint density at radius 2 is 2.00 bits per heavy atom. The van der Waals surface area contributed by atoms with Crippen LogP contribution in [-0.4, -0.2) is 17.1 Å². The largest absolute Gasteiger partial charge is 0.497 e. The van der Waals surface area contributed by atoms with Crippen LogP contribution in [-0.2, 0) is 6.18 Å². The zero-order chi connectivity index (χ0) is 15.5. The maximum Gasteiger partial charge on any atom is 0.418 e. The van der Waals surface area contributed by atoms with Crippen molar-refractivity contribution in [3.05, 3.63) is 48.0 Å². The monoisotopic (exact) mass is 297 g/mol. The summed E-state index contributed by atoms with van der Waals surface area (Å²) >= 11 is 0. The van der Waals surface area contributed by atoms with E-state index in [1.807, 2.05) is 0 Å². The standard InChI is InChI=1S/C14H14F3N3O/c1-9(13-8-18-5-6-19-13)20-12-4-3-10(21-2)7-11(12)14(15,16)17/h3-9,20H,1-2H3. The molecule has 2 aromatic rings. The summed E-state index contributed by atoms with van der Waals surface area (Å²) in [6.45, 7) is 1.72. The summed E-state index contributed by atoms with van der Waals surface area (Å²) in [7, 11) is 1.32. The molecular formula is C14H14F3N3O. The van der Waals surface area contributed by atoms with E-state index < -0.39 is 17.8 Å². The van der Waals surface area contributed by atoms with Crippen LogP contribution in [0.5, 0.6) is 5.75 Å². The van der Waals surface area contributed by atoms with Gasteiger partial charge in [0, 0.05) is 18.1 Å². The van der Waals surface area contributed by atoms with Gasteiger partial charge in [-0.3, -0.25) is 9.97 Å². The minimum absolute atomic E-state index is 0.0264. The van der Waals surface area contributed by atoms with Gasteiger partial charge < -0.3 is 10.1 Å². The van der Waals surface area contributed by atoms with Gasteiger partial charge in [0.05, 0.1) is 30.6 Å². The van der Waals surface area contributed by atoms with Gasteiger partial charge in [0.25, 0.3) is 0 Å². The number of halogens is 3. The molecule has 0 radical (unpaired) electrons. The van der Waals surface area contributed by atoms with Crippen LogP contribution in [0, 0.1) is 0 Å². The molecule has 2 rings (SSSR count). The molecule has 0 bridgehead atoms.